The van der Waals surface area contributed by atoms with Crippen LogP contribution in [-0.2, 0) is 22.7 Å². The fourth-order valence-electron chi connectivity index (χ4n) is 4.77. The number of hydrogen-bond donors (Lipinski definition) is 2. The second kappa shape index (κ2) is 8.88. The van der Waals surface area contributed by atoms with E-state index in [4.69, 9.17) is 0 Å². The van der Waals surface area contributed by atoms with E-state index in [-0.39, 0.29) is 24.4 Å². The molecule has 2 aromatic rings. The van der Waals surface area contributed by atoms with Gasteiger partial charge in [0, 0.05) is 46.2 Å². The third-order valence-corrected chi connectivity index (χ3v) is 6.56. The number of rotatable bonds is 4. The minimum Gasteiger partial charge on any atom is -0.501 e. The van der Waals surface area contributed by atoms with Crippen molar-refractivity contribution < 1.29 is 23.9 Å². The highest BCUT2D eigenvalue weighted by Crippen LogP contribution is 2.44. The number of benzene rings is 1. The largest absolute Gasteiger partial charge is 0.501 e. The van der Waals surface area contributed by atoms with Gasteiger partial charge in [0.05, 0.1) is 0 Å². The van der Waals surface area contributed by atoms with Gasteiger partial charge in [-0.25, -0.2) is 9.37 Å². The first kappa shape index (κ1) is 23.4. The van der Waals surface area contributed by atoms with Crippen LogP contribution in [0.4, 0.5) is 4.39 Å². The molecular weight excluding hydrogens is 445 g/mol. The lowest BCUT2D eigenvalue weighted by Gasteiger charge is -2.30. The van der Waals surface area contributed by atoms with Gasteiger partial charge in [-0.05, 0) is 36.5 Å². The average Bonchev–Trinajstić information content (AvgIpc) is 3.17. The van der Waals surface area contributed by atoms with Gasteiger partial charge in [-0.1, -0.05) is 12.1 Å². The number of hydrogen-bond acceptors (Lipinski definition) is 6. The van der Waals surface area contributed by atoms with Crippen LogP contribution in [0.25, 0.3) is 0 Å². The van der Waals surface area contributed by atoms with Crippen LogP contribution in [0.1, 0.15) is 40.6 Å². The summed E-state index contributed by atoms with van der Waals surface area (Å²) >= 11 is 0. The Balaban J connectivity index is 1.61. The van der Waals surface area contributed by atoms with Crippen molar-refractivity contribution >= 4 is 17.7 Å². The first-order valence-corrected chi connectivity index (χ1v) is 10.9. The molecule has 1 aromatic heterocycles. The molecule has 2 bridgehead atoms. The van der Waals surface area contributed by atoms with Crippen molar-refractivity contribution in [3.63, 3.8) is 0 Å². The van der Waals surface area contributed by atoms with Gasteiger partial charge >= 0.3 is 11.8 Å². The molecule has 2 aliphatic rings. The van der Waals surface area contributed by atoms with Gasteiger partial charge in [-0.2, -0.15) is 0 Å². The Hall–Kier alpha value is -3.76. The number of nitrogens with one attached hydrogen (secondary N) is 1. The second-order valence-electron chi connectivity index (χ2n) is 9.02. The van der Waals surface area contributed by atoms with Gasteiger partial charge in [0.15, 0.2) is 5.69 Å². The molecule has 1 aliphatic carbocycles. The van der Waals surface area contributed by atoms with E-state index in [2.05, 4.69) is 10.3 Å². The molecular formula is C23H26FN5O5. The molecule has 1 fully saturated rings. The SMILES string of the molecule is CN(C)C(=O)C(=O)N(C)C1CC2CC1c1nc(C(=O)NCc3ccc(F)cc3)c(O)c(=O)n1C2. The Bertz CT molecular complexity index is 1210. The Morgan fingerprint density at radius 3 is 2.47 bits per heavy atom. The number of likely N-dealkylation sites (N-methyl/N-ethyl adjacent to an activating group) is 2. The number of carbonyl (C=O) groups is 3. The zero-order valence-corrected chi connectivity index (χ0v) is 19.1. The van der Waals surface area contributed by atoms with E-state index in [0.717, 1.165) is 0 Å². The van der Waals surface area contributed by atoms with Crippen LogP contribution in [0.3, 0.4) is 0 Å². The summed E-state index contributed by atoms with van der Waals surface area (Å²) < 4.78 is 14.4. The van der Waals surface area contributed by atoms with Crippen LogP contribution >= 0.6 is 0 Å². The Morgan fingerprint density at radius 2 is 1.82 bits per heavy atom. The first-order chi connectivity index (χ1) is 16.1. The van der Waals surface area contributed by atoms with Crippen molar-refractivity contribution in [2.24, 2.45) is 5.92 Å². The number of carbonyl (C=O) groups excluding carboxylic acids is 3. The molecule has 4 rings (SSSR count). The first-order valence-electron chi connectivity index (χ1n) is 10.9. The van der Waals surface area contributed by atoms with Crippen molar-refractivity contribution in [2.45, 2.75) is 37.9 Å². The van der Waals surface area contributed by atoms with Gasteiger partial charge in [-0.3, -0.25) is 23.7 Å². The van der Waals surface area contributed by atoms with Gasteiger partial charge in [0.25, 0.3) is 11.5 Å². The molecule has 1 saturated carbocycles. The minimum atomic E-state index is -0.745. The molecule has 3 atom stereocenters. The van der Waals surface area contributed by atoms with E-state index in [0.29, 0.717) is 30.8 Å². The number of fused-ring (bicyclic) bond motifs is 4. The summed E-state index contributed by atoms with van der Waals surface area (Å²) in [5.41, 5.74) is -0.486. The van der Waals surface area contributed by atoms with E-state index in [1.165, 1.54) is 52.7 Å². The van der Waals surface area contributed by atoms with Crippen LogP contribution in [-0.4, -0.2) is 69.4 Å². The molecule has 0 radical (unpaired) electrons. The predicted octanol–water partition coefficient (Wildman–Crippen LogP) is 0.440. The van der Waals surface area contributed by atoms with Crippen molar-refractivity contribution in [2.75, 3.05) is 21.1 Å². The monoisotopic (exact) mass is 471 g/mol. The molecule has 0 saturated heterocycles. The topological polar surface area (TPSA) is 125 Å². The van der Waals surface area contributed by atoms with Crippen molar-refractivity contribution in [3.05, 3.63) is 57.5 Å². The molecule has 34 heavy (non-hydrogen) atoms. The Kier molecular flexibility index (Phi) is 6.11. The smallest absolute Gasteiger partial charge is 0.312 e. The molecule has 0 spiro atoms. The molecule has 11 heteroatoms. The van der Waals surface area contributed by atoms with Gasteiger partial charge in [-0.15, -0.1) is 0 Å². The lowest BCUT2D eigenvalue weighted by Crippen LogP contribution is -2.46. The second-order valence-corrected chi connectivity index (χ2v) is 9.02. The number of aromatic hydroxyl groups is 1. The van der Waals surface area contributed by atoms with Gasteiger partial charge in [0.1, 0.15) is 11.6 Å². The zero-order valence-electron chi connectivity index (χ0n) is 19.1. The fraction of sp³-hybridized carbons (Fsp3) is 0.435. The van der Waals surface area contributed by atoms with Crippen LogP contribution in [0.5, 0.6) is 5.75 Å². The Morgan fingerprint density at radius 1 is 1.15 bits per heavy atom. The van der Waals surface area contributed by atoms with Gasteiger partial charge in [0.2, 0.25) is 5.75 Å². The lowest BCUT2D eigenvalue weighted by atomic mass is 9.97. The molecule has 3 amide bonds. The van der Waals surface area contributed by atoms with Crippen LogP contribution in [0, 0.1) is 11.7 Å². The van der Waals surface area contributed by atoms with E-state index in [9.17, 15) is 28.7 Å². The normalized spacial score (nSPS) is 20.4. The van der Waals surface area contributed by atoms with Crippen molar-refractivity contribution in [1.82, 2.24) is 24.7 Å². The number of halogens is 1. The predicted molar refractivity (Wildman–Crippen MR) is 118 cm³/mol. The summed E-state index contributed by atoms with van der Waals surface area (Å²) in [6, 6.07) is 5.17. The fourth-order valence-corrected chi connectivity index (χ4v) is 4.77. The molecule has 2 heterocycles. The maximum atomic E-state index is 13.1. The summed E-state index contributed by atoms with van der Waals surface area (Å²) in [6.07, 6.45) is 1.22. The molecule has 2 N–H and O–H groups in total. The van der Waals surface area contributed by atoms with E-state index >= 15 is 0 Å². The zero-order chi connectivity index (χ0) is 24.7. The molecule has 180 valence electrons. The summed E-state index contributed by atoms with van der Waals surface area (Å²) in [6.45, 7) is 0.361. The van der Waals surface area contributed by atoms with Crippen LogP contribution < -0.4 is 10.9 Å². The number of amides is 3. The van der Waals surface area contributed by atoms with Crippen LogP contribution in [0.2, 0.25) is 0 Å². The number of nitrogens with zero attached hydrogens (tertiary/aromatic N) is 4. The molecule has 3 unspecified atom stereocenters. The Labute approximate surface area is 195 Å². The molecule has 1 aliphatic heterocycles. The van der Waals surface area contributed by atoms with Crippen molar-refractivity contribution in [3.8, 4) is 5.75 Å². The van der Waals surface area contributed by atoms with E-state index < -0.39 is 40.5 Å². The standard InChI is InChI=1S/C23H26FN5O5/c1-27(2)22(33)23(34)28(3)16-9-13-8-15(16)19-26-17(18(30)21(32)29(19)11-13)20(31)25-10-12-4-6-14(24)7-5-12/h4-7,13,15-16,30H,8-11H2,1-3H3,(H,25,31). The summed E-state index contributed by atoms with van der Waals surface area (Å²) in [4.78, 5) is 57.4. The maximum absolute atomic E-state index is 13.1. The van der Waals surface area contributed by atoms with E-state index in [1.807, 2.05) is 0 Å². The molecule has 10 nitrogen and oxygen atoms in total. The lowest BCUT2D eigenvalue weighted by molar-refractivity contribution is -0.150. The summed E-state index contributed by atoms with van der Waals surface area (Å²) in [5, 5.41) is 13.0. The highest BCUT2D eigenvalue weighted by atomic mass is 19.1. The number of aromatic nitrogens is 2. The quantitative estimate of drug-likeness (QED) is 0.624. The maximum Gasteiger partial charge on any atom is 0.312 e. The third kappa shape index (κ3) is 4.13. The van der Waals surface area contributed by atoms with E-state index in [1.54, 1.807) is 7.05 Å². The van der Waals surface area contributed by atoms with Gasteiger partial charge < -0.3 is 20.2 Å². The minimum absolute atomic E-state index is 0.0522. The summed E-state index contributed by atoms with van der Waals surface area (Å²) in [7, 11) is 4.54. The third-order valence-electron chi connectivity index (χ3n) is 6.56. The average molecular weight is 471 g/mol. The van der Waals surface area contributed by atoms with Crippen LogP contribution in [0.15, 0.2) is 29.1 Å². The highest BCUT2D eigenvalue weighted by Gasteiger charge is 2.46. The van der Waals surface area contributed by atoms with Crippen molar-refractivity contribution in [1.29, 1.82) is 0 Å². The summed E-state index contributed by atoms with van der Waals surface area (Å²) in [5.74, 6) is -3.18. The molecule has 1 aromatic carbocycles. The highest BCUT2D eigenvalue weighted by molar-refractivity contribution is 6.34.